The Morgan fingerprint density at radius 3 is 1.94 bits per heavy atom. The number of carbonyl (C=O) groups is 1. The summed E-state index contributed by atoms with van der Waals surface area (Å²) in [5.74, 6) is 3.82. The van der Waals surface area contributed by atoms with Crippen molar-refractivity contribution in [3.63, 3.8) is 0 Å². The fourth-order valence-corrected chi connectivity index (χ4v) is 5.36. The minimum Gasteiger partial charge on any atom is -0.393 e. The molecule has 3 nitrogen and oxygen atoms in total. The van der Waals surface area contributed by atoms with Gasteiger partial charge in [-0.05, 0) is 68.6 Å². The van der Waals surface area contributed by atoms with E-state index in [-0.39, 0.29) is 12.1 Å². The van der Waals surface area contributed by atoms with Crippen LogP contribution in [0.1, 0.15) is 44.9 Å². The van der Waals surface area contributed by atoms with Crippen LogP contribution in [0.3, 0.4) is 0 Å². The molecule has 5 aliphatic rings. The first-order chi connectivity index (χ1) is 8.69. The number of hydrogen-bond acceptors (Lipinski definition) is 2. The van der Waals surface area contributed by atoms with Crippen molar-refractivity contribution in [2.24, 2.45) is 29.6 Å². The predicted octanol–water partition coefficient (Wildman–Crippen LogP) is 1.70. The predicted molar refractivity (Wildman–Crippen MR) is 67.7 cm³/mol. The van der Waals surface area contributed by atoms with E-state index < -0.39 is 0 Å². The maximum Gasteiger partial charge on any atom is 0.223 e. The monoisotopic (exact) mass is 249 g/mol. The van der Waals surface area contributed by atoms with Crippen molar-refractivity contribution in [1.29, 1.82) is 0 Å². The second kappa shape index (κ2) is 3.96. The van der Waals surface area contributed by atoms with Gasteiger partial charge in [-0.25, -0.2) is 0 Å². The standard InChI is InChI=1S/C15H23NO2/c17-13-6-12(7-13)16-15(18)14-10-2-8-1-9(4-10)5-11(14)3-8/h8-14,17H,1-7H2,(H,16,18). The van der Waals surface area contributed by atoms with Gasteiger partial charge in [0.25, 0.3) is 0 Å². The van der Waals surface area contributed by atoms with Crippen LogP contribution in [0.4, 0.5) is 0 Å². The van der Waals surface area contributed by atoms with Gasteiger partial charge in [-0.1, -0.05) is 0 Å². The van der Waals surface area contributed by atoms with Gasteiger partial charge >= 0.3 is 0 Å². The summed E-state index contributed by atoms with van der Waals surface area (Å²) in [6.07, 6.45) is 8.01. The molecule has 0 aliphatic heterocycles. The van der Waals surface area contributed by atoms with Gasteiger partial charge in [-0.2, -0.15) is 0 Å². The quantitative estimate of drug-likeness (QED) is 0.782. The van der Waals surface area contributed by atoms with Gasteiger partial charge < -0.3 is 10.4 Å². The zero-order chi connectivity index (χ0) is 12.3. The van der Waals surface area contributed by atoms with Crippen LogP contribution < -0.4 is 5.32 Å². The highest BCUT2D eigenvalue weighted by molar-refractivity contribution is 5.80. The third kappa shape index (κ3) is 1.70. The fourth-order valence-electron chi connectivity index (χ4n) is 5.36. The minimum absolute atomic E-state index is 0.172. The van der Waals surface area contributed by atoms with Crippen molar-refractivity contribution < 1.29 is 9.90 Å². The van der Waals surface area contributed by atoms with Gasteiger partial charge in [0.15, 0.2) is 0 Å². The lowest BCUT2D eigenvalue weighted by Gasteiger charge is -2.54. The summed E-state index contributed by atoms with van der Waals surface area (Å²) < 4.78 is 0. The average Bonchev–Trinajstić information content (AvgIpc) is 2.25. The van der Waals surface area contributed by atoms with Crippen LogP contribution in [0.5, 0.6) is 0 Å². The van der Waals surface area contributed by atoms with Crippen LogP contribution in [0.15, 0.2) is 0 Å². The highest BCUT2D eigenvalue weighted by Crippen LogP contribution is 2.56. The maximum absolute atomic E-state index is 12.5. The molecule has 0 saturated heterocycles. The zero-order valence-electron chi connectivity index (χ0n) is 10.8. The van der Waals surface area contributed by atoms with E-state index in [0.29, 0.717) is 23.7 Å². The summed E-state index contributed by atoms with van der Waals surface area (Å²) in [5.41, 5.74) is 0. The van der Waals surface area contributed by atoms with Crippen LogP contribution in [0.25, 0.3) is 0 Å². The van der Waals surface area contributed by atoms with Crippen molar-refractivity contribution in [2.45, 2.75) is 57.1 Å². The van der Waals surface area contributed by atoms with Crippen molar-refractivity contribution in [3.8, 4) is 0 Å². The summed E-state index contributed by atoms with van der Waals surface area (Å²) in [7, 11) is 0. The summed E-state index contributed by atoms with van der Waals surface area (Å²) >= 11 is 0. The third-order valence-electron chi connectivity index (χ3n) is 5.99. The largest absolute Gasteiger partial charge is 0.393 e. The molecule has 0 spiro atoms. The van der Waals surface area contributed by atoms with E-state index in [1.54, 1.807) is 0 Å². The Morgan fingerprint density at radius 2 is 1.44 bits per heavy atom. The van der Waals surface area contributed by atoms with Crippen LogP contribution >= 0.6 is 0 Å². The van der Waals surface area contributed by atoms with Gasteiger partial charge in [0.1, 0.15) is 0 Å². The summed E-state index contributed by atoms with van der Waals surface area (Å²) in [6, 6.07) is 0.254. The molecule has 0 atom stereocenters. The van der Waals surface area contributed by atoms with Crippen molar-refractivity contribution in [3.05, 3.63) is 0 Å². The zero-order valence-corrected chi connectivity index (χ0v) is 10.8. The minimum atomic E-state index is -0.172. The lowest BCUT2D eigenvalue weighted by Crippen LogP contribution is -2.55. The van der Waals surface area contributed by atoms with Gasteiger partial charge in [-0.15, -0.1) is 0 Å². The van der Waals surface area contributed by atoms with Gasteiger partial charge in [0.2, 0.25) is 5.91 Å². The normalized spacial score (nSPS) is 53.1. The number of hydrogen-bond donors (Lipinski definition) is 2. The molecule has 2 N–H and O–H groups in total. The van der Waals surface area contributed by atoms with Crippen LogP contribution in [-0.4, -0.2) is 23.2 Å². The van der Waals surface area contributed by atoms with Gasteiger partial charge in [0.05, 0.1) is 6.10 Å². The molecule has 5 aliphatic carbocycles. The van der Waals surface area contributed by atoms with Crippen LogP contribution in [0, 0.1) is 29.6 Å². The van der Waals surface area contributed by atoms with Crippen molar-refractivity contribution in [1.82, 2.24) is 5.32 Å². The lowest BCUT2D eigenvalue weighted by atomic mass is 9.51. The van der Waals surface area contributed by atoms with Crippen LogP contribution in [-0.2, 0) is 4.79 Å². The summed E-state index contributed by atoms with van der Waals surface area (Å²) in [5, 5.41) is 12.5. The molecular weight excluding hydrogens is 226 g/mol. The van der Waals surface area contributed by atoms with Gasteiger partial charge in [0, 0.05) is 12.0 Å². The Bertz CT molecular complexity index is 334. The van der Waals surface area contributed by atoms with E-state index >= 15 is 0 Å². The second-order valence-corrected chi connectivity index (χ2v) is 7.29. The van der Waals surface area contributed by atoms with E-state index in [4.69, 9.17) is 0 Å². The Kier molecular flexibility index (Phi) is 2.48. The van der Waals surface area contributed by atoms with Crippen molar-refractivity contribution in [2.75, 3.05) is 0 Å². The number of amides is 1. The number of carbonyl (C=O) groups excluding carboxylic acids is 1. The van der Waals surface area contributed by atoms with E-state index in [9.17, 15) is 9.90 Å². The number of nitrogens with one attached hydrogen (secondary N) is 1. The molecule has 0 aromatic rings. The van der Waals surface area contributed by atoms with Gasteiger partial charge in [-0.3, -0.25) is 4.79 Å². The molecule has 1 amide bonds. The molecule has 0 radical (unpaired) electrons. The Morgan fingerprint density at radius 1 is 0.889 bits per heavy atom. The van der Waals surface area contributed by atoms with E-state index in [1.807, 2.05) is 0 Å². The molecule has 0 aromatic heterocycles. The molecule has 3 heteroatoms. The molecule has 0 unspecified atom stereocenters. The molecule has 18 heavy (non-hydrogen) atoms. The first-order valence-corrected chi connectivity index (χ1v) is 7.67. The summed E-state index contributed by atoms with van der Waals surface area (Å²) in [6.45, 7) is 0. The van der Waals surface area contributed by atoms with E-state index in [1.165, 1.54) is 32.1 Å². The fraction of sp³-hybridized carbons (Fsp3) is 0.933. The SMILES string of the molecule is O=C(NC1CC(O)C1)C1C2CC3CC(C2)CC1C3. The number of aliphatic hydroxyl groups excluding tert-OH is 1. The molecule has 4 bridgehead atoms. The highest BCUT2D eigenvalue weighted by atomic mass is 16.3. The lowest BCUT2D eigenvalue weighted by molar-refractivity contribution is -0.140. The number of rotatable bonds is 2. The van der Waals surface area contributed by atoms with Crippen molar-refractivity contribution >= 4 is 5.91 Å². The smallest absolute Gasteiger partial charge is 0.223 e. The van der Waals surface area contributed by atoms with E-state index in [2.05, 4.69) is 5.32 Å². The average molecular weight is 249 g/mol. The topological polar surface area (TPSA) is 49.3 Å². The molecule has 5 fully saturated rings. The molecule has 0 heterocycles. The summed E-state index contributed by atoms with van der Waals surface area (Å²) in [4.78, 5) is 12.5. The molecule has 100 valence electrons. The third-order valence-corrected chi connectivity index (χ3v) is 5.99. The van der Waals surface area contributed by atoms with E-state index in [0.717, 1.165) is 24.7 Å². The Labute approximate surface area is 108 Å². The first kappa shape index (κ1) is 11.3. The first-order valence-electron chi connectivity index (χ1n) is 7.67. The maximum atomic E-state index is 12.5. The highest BCUT2D eigenvalue weighted by Gasteiger charge is 2.51. The molecule has 0 aromatic carbocycles. The van der Waals surface area contributed by atoms with Crippen LogP contribution in [0.2, 0.25) is 0 Å². The second-order valence-electron chi connectivity index (χ2n) is 7.29. The molecule has 5 rings (SSSR count). The molecular formula is C15H23NO2. The number of aliphatic hydroxyl groups is 1. The Balaban J connectivity index is 1.43. The Hall–Kier alpha value is -0.570. The molecule has 5 saturated carbocycles.